The maximum absolute atomic E-state index is 12.1. The topological polar surface area (TPSA) is 92.0 Å². The Morgan fingerprint density at radius 2 is 2.13 bits per heavy atom. The molecule has 1 aromatic heterocycles. The van der Waals surface area contributed by atoms with E-state index in [1.807, 2.05) is 0 Å². The van der Waals surface area contributed by atoms with Crippen molar-refractivity contribution in [2.24, 2.45) is 0 Å². The summed E-state index contributed by atoms with van der Waals surface area (Å²) in [5.41, 5.74) is 0.516. The first kappa shape index (κ1) is 15.5. The normalized spacial score (nSPS) is 15.7. The number of nitrogens with zero attached hydrogens (tertiary/aromatic N) is 1. The molecule has 0 saturated carbocycles. The number of hydrogen-bond acceptors (Lipinski definition) is 6. The lowest BCUT2D eigenvalue weighted by molar-refractivity contribution is 0.0382. The molecular formula is C16H18N2O5. The molecule has 0 aliphatic carbocycles. The molecule has 0 radical (unpaired) electrons. The molecule has 0 unspecified atom stereocenters. The third-order valence-electron chi connectivity index (χ3n) is 3.88. The van der Waals surface area contributed by atoms with Gasteiger partial charge in [-0.3, -0.25) is 14.5 Å². The Labute approximate surface area is 132 Å². The SMILES string of the molecule is O=Cc1c(O)ccc2oc(C(=O)NCCN3CCOCC3)cc12. The number of nitrogens with one attached hydrogen (secondary N) is 1. The lowest BCUT2D eigenvalue weighted by atomic mass is 10.1. The largest absolute Gasteiger partial charge is 0.507 e. The second-order valence-electron chi connectivity index (χ2n) is 5.35. The number of ether oxygens (including phenoxy) is 1. The van der Waals surface area contributed by atoms with Gasteiger partial charge in [0, 0.05) is 31.6 Å². The lowest BCUT2D eigenvalue weighted by Crippen LogP contribution is -2.41. The molecule has 7 heteroatoms. The Morgan fingerprint density at radius 1 is 1.35 bits per heavy atom. The number of amides is 1. The van der Waals surface area contributed by atoms with Gasteiger partial charge in [0.1, 0.15) is 11.3 Å². The van der Waals surface area contributed by atoms with E-state index in [4.69, 9.17) is 9.15 Å². The lowest BCUT2D eigenvalue weighted by Gasteiger charge is -2.26. The molecule has 2 N–H and O–H groups in total. The number of fused-ring (bicyclic) bond motifs is 1. The molecule has 1 saturated heterocycles. The van der Waals surface area contributed by atoms with E-state index in [9.17, 15) is 14.7 Å². The van der Waals surface area contributed by atoms with Crippen molar-refractivity contribution in [1.29, 1.82) is 0 Å². The Hall–Kier alpha value is -2.38. The van der Waals surface area contributed by atoms with Crippen LogP contribution in [0, 0.1) is 0 Å². The predicted octanol–water partition coefficient (Wildman–Crippen LogP) is 1.01. The number of furan rings is 1. The molecular weight excluding hydrogens is 300 g/mol. The highest BCUT2D eigenvalue weighted by Crippen LogP contribution is 2.28. The number of aldehydes is 1. The first-order valence-corrected chi connectivity index (χ1v) is 7.48. The van der Waals surface area contributed by atoms with E-state index in [1.165, 1.54) is 18.2 Å². The van der Waals surface area contributed by atoms with Crippen molar-refractivity contribution in [3.8, 4) is 5.75 Å². The minimum atomic E-state index is -0.342. The number of carbonyl (C=O) groups excluding carboxylic acids is 2. The van der Waals surface area contributed by atoms with Crippen LogP contribution in [0.1, 0.15) is 20.9 Å². The zero-order valence-electron chi connectivity index (χ0n) is 12.6. The molecule has 1 aromatic carbocycles. The zero-order valence-corrected chi connectivity index (χ0v) is 12.6. The minimum Gasteiger partial charge on any atom is -0.507 e. The first-order chi connectivity index (χ1) is 11.2. The van der Waals surface area contributed by atoms with Crippen LogP contribution in [0.15, 0.2) is 22.6 Å². The first-order valence-electron chi connectivity index (χ1n) is 7.48. The predicted molar refractivity (Wildman–Crippen MR) is 82.9 cm³/mol. The quantitative estimate of drug-likeness (QED) is 0.800. The molecule has 7 nitrogen and oxygen atoms in total. The number of morpholine rings is 1. The van der Waals surface area contributed by atoms with E-state index in [0.717, 1.165) is 32.8 Å². The van der Waals surface area contributed by atoms with Gasteiger partial charge in [0.2, 0.25) is 0 Å². The van der Waals surface area contributed by atoms with Gasteiger partial charge < -0.3 is 19.6 Å². The second-order valence-corrected chi connectivity index (χ2v) is 5.35. The number of rotatable bonds is 5. The van der Waals surface area contributed by atoms with Gasteiger partial charge in [0.25, 0.3) is 5.91 Å². The van der Waals surface area contributed by atoms with E-state index in [0.29, 0.717) is 23.8 Å². The van der Waals surface area contributed by atoms with E-state index in [1.54, 1.807) is 0 Å². The Kier molecular flexibility index (Phi) is 4.59. The van der Waals surface area contributed by atoms with Crippen molar-refractivity contribution in [3.63, 3.8) is 0 Å². The number of carbonyl (C=O) groups is 2. The average molecular weight is 318 g/mol. The van der Waals surface area contributed by atoms with Crippen molar-refractivity contribution in [1.82, 2.24) is 10.2 Å². The third-order valence-corrected chi connectivity index (χ3v) is 3.88. The highest BCUT2D eigenvalue weighted by atomic mass is 16.5. The van der Waals surface area contributed by atoms with Crippen LogP contribution < -0.4 is 5.32 Å². The van der Waals surface area contributed by atoms with Gasteiger partial charge in [-0.05, 0) is 18.2 Å². The maximum atomic E-state index is 12.1. The molecule has 0 spiro atoms. The fraction of sp³-hybridized carbons (Fsp3) is 0.375. The summed E-state index contributed by atoms with van der Waals surface area (Å²) in [5, 5.41) is 12.9. The highest BCUT2D eigenvalue weighted by Gasteiger charge is 2.16. The van der Waals surface area contributed by atoms with E-state index < -0.39 is 0 Å². The minimum absolute atomic E-state index is 0.121. The highest BCUT2D eigenvalue weighted by molar-refractivity contribution is 6.03. The molecule has 122 valence electrons. The summed E-state index contributed by atoms with van der Waals surface area (Å²) in [4.78, 5) is 25.4. The number of phenols is 1. The standard InChI is InChI=1S/C16H18N2O5/c19-10-12-11-9-15(23-14(11)2-1-13(12)20)16(21)17-3-4-18-5-7-22-8-6-18/h1-2,9-10,20H,3-8H2,(H,17,21). The molecule has 2 aromatic rings. The van der Waals surface area contributed by atoms with Crippen LogP contribution in [0.2, 0.25) is 0 Å². The van der Waals surface area contributed by atoms with Crippen LogP contribution in [0.4, 0.5) is 0 Å². The van der Waals surface area contributed by atoms with Crippen LogP contribution in [0.5, 0.6) is 5.75 Å². The Balaban J connectivity index is 1.65. The van der Waals surface area contributed by atoms with Crippen LogP contribution in [-0.2, 0) is 4.74 Å². The Morgan fingerprint density at radius 3 is 2.87 bits per heavy atom. The van der Waals surface area contributed by atoms with Crippen LogP contribution >= 0.6 is 0 Å². The number of phenolic OH excluding ortho intramolecular Hbond substituents is 1. The summed E-state index contributed by atoms with van der Waals surface area (Å²) in [5.74, 6) is -0.353. The molecule has 2 heterocycles. The fourth-order valence-corrected chi connectivity index (χ4v) is 2.60. The number of aromatic hydroxyl groups is 1. The summed E-state index contributed by atoms with van der Waals surface area (Å²) in [6.45, 7) is 4.41. The van der Waals surface area contributed by atoms with E-state index in [-0.39, 0.29) is 23.0 Å². The number of benzene rings is 1. The summed E-state index contributed by atoms with van der Waals surface area (Å²) in [6.07, 6.45) is 0.549. The molecule has 1 amide bonds. The van der Waals surface area contributed by atoms with Crippen molar-refractivity contribution < 1.29 is 23.8 Å². The van der Waals surface area contributed by atoms with Crippen LogP contribution in [-0.4, -0.2) is 61.6 Å². The van der Waals surface area contributed by atoms with Crippen molar-refractivity contribution in [3.05, 3.63) is 29.5 Å². The Bertz CT molecular complexity index is 719. The van der Waals surface area contributed by atoms with Gasteiger partial charge in [0.05, 0.1) is 18.8 Å². The summed E-state index contributed by atoms with van der Waals surface area (Å²) >= 11 is 0. The molecule has 0 bridgehead atoms. The van der Waals surface area contributed by atoms with Crippen LogP contribution in [0.25, 0.3) is 11.0 Å². The molecule has 23 heavy (non-hydrogen) atoms. The van der Waals surface area contributed by atoms with Crippen molar-refractivity contribution in [2.75, 3.05) is 39.4 Å². The smallest absolute Gasteiger partial charge is 0.287 e. The average Bonchev–Trinajstić information content (AvgIpc) is 3.00. The van der Waals surface area contributed by atoms with Gasteiger partial charge >= 0.3 is 0 Å². The van der Waals surface area contributed by atoms with Crippen molar-refractivity contribution >= 4 is 23.2 Å². The van der Waals surface area contributed by atoms with Gasteiger partial charge in [-0.2, -0.15) is 0 Å². The van der Waals surface area contributed by atoms with E-state index >= 15 is 0 Å². The zero-order chi connectivity index (χ0) is 16.2. The van der Waals surface area contributed by atoms with Gasteiger partial charge in [-0.1, -0.05) is 0 Å². The summed E-state index contributed by atoms with van der Waals surface area (Å²) < 4.78 is 10.7. The number of hydrogen-bond donors (Lipinski definition) is 2. The molecule has 3 rings (SSSR count). The van der Waals surface area contributed by atoms with E-state index in [2.05, 4.69) is 10.2 Å². The van der Waals surface area contributed by atoms with Gasteiger partial charge in [0.15, 0.2) is 12.0 Å². The summed E-state index contributed by atoms with van der Waals surface area (Å²) in [6, 6.07) is 4.38. The molecule has 0 atom stereocenters. The molecule has 1 aliphatic rings. The van der Waals surface area contributed by atoms with Crippen molar-refractivity contribution in [2.45, 2.75) is 0 Å². The summed E-state index contributed by atoms with van der Waals surface area (Å²) in [7, 11) is 0. The van der Waals surface area contributed by atoms with Gasteiger partial charge in [-0.15, -0.1) is 0 Å². The van der Waals surface area contributed by atoms with Crippen LogP contribution in [0.3, 0.4) is 0 Å². The maximum Gasteiger partial charge on any atom is 0.287 e. The molecule has 1 fully saturated rings. The van der Waals surface area contributed by atoms with Gasteiger partial charge in [-0.25, -0.2) is 0 Å². The fourth-order valence-electron chi connectivity index (χ4n) is 2.60. The monoisotopic (exact) mass is 318 g/mol. The molecule has 1 aliphatic heterocycles. The third kappa shape index (κ3) is 3.35. The second kappa shape index (κ2) is 6.80.